The van der Waals surface area contributed by atoms with Crippen LogP contribution in [0.25, 0.3) is 0 Å². The lowest BCUT2D eigenvalue weighted by atomic mass is 10.1. The number of hydrogen-bond donors (Lipinski definition) is 1. The molecule has 1 heterocycles. The summed E-state index contributed by atoms with van der Waals surface area (Å²) in [5.74, 6) is 0.0562. The molecule has 0 radical (unpaired) electrons. The molecule has 5 heteroatoms. The average Bonchev–Trinajstić information content (AvgIpc) is 3.45. The van der Waals surface area contributed by atoms with E-state index in [9.17, 15) is 9.59 Å². The Morgan fingerprint density at radius 2 is 1.89 bits per heavy atom. The van der Waals surface area contributed by atoms with Gasteiger partial charge in [-0.05, 0) is 55.0 Å². The first-order chi connectivity index (χ1) is 13.1. The predicted octanol–water partition coefficient (Wildman–Crippen LogP) is 4.43. The van der Waals surface area contributed by atoms with Gasteiger partial charge in [0.25, 0.3) is 11.8 Å². The molecule has 0 aliphatic heterocycles. The molecular formula is C22H28N2O2S. The third-order valence-electron chi connectivity index (χ3n) is 5.01. The second kappa shape index (κ2) is 8.70. The van der Waals surface area contributed by atoms with Crippen molar-refractivity contribution in [1.29, 1.82) is 0 Å². The van der Waals surface area contributed by atoms with Crippen molar-refractivity contribution in [2.45, 2.75) is 58.5 Å². The SMILES string of the molecule is CCCc1sc(C(=O)N(Cc2ccc(C(=O)NC)cc2)C2CC2)cc1CC. The quantitative estimate of drug-likeness (QED) is 0.732. The Labute approximate surface area is 165 Å². The van der Waals surface area contributed by atoms with Gasteiger partial charge >= 0.3 is 0 Å². The number of carbonyl (C=O) groups excluding carboxylic acids is 2. The highest BCUT2D eigenvalue weighted by Gasteiger charge is 2.34. The molecule has 1 aromatic heterocycles. The Morgan fingerprint density at radius 3 is 2.44 bits per heavy atom. The Kier molecular flexibility index (Phi) is 6.32. The minimum absolute atomic E-state index is 0.0918. The predicted molar refractivity (Wildman–Crippen MR) is 110 cm³/mol. The summed E-state index contributed by atoms with van der Waals surface area (Å²) in [6.45, 7) is 4.93. The largest absolute Gasteiger partial charge is 0.355 e. The molecule has 0 unspecified atom stereocenters. The lowest BCUT2D eigenvalue weighted by Crippen LogP contribution is -2.32. The van der Waals surface area contributed by atoms with Crippen molar-refractivity contribution in [3.05, 3.63) is 56.8 Å². The highest BCUT2D eigenvalue weighted by Crippen LogP contribution is 2.33. The second-order valence-corrected chi connectivity index (χ2v) is 8.24. The Morgan fingerprint density at radius 1 is 1.19 bits per heavy atom. The zero-order chi connectivity index (χ0) is 19.4. The molecule has 2 aromatic rings. The highest BCUT2D eigenvalue weighted by molar-refractivity contribution is 7.14. The van der Waals surface area contributed by atoms with Gasteiger partial charge in [0.1, 0.15) is 0 Å². The average molecular weight is 385 g/mol. The minimum atomic E-state index is -0.0918. The van der Waals surface area contributed by atoms with E-state index in [0.29, 0.717) is 18.2 Å². The van der Waals surface area contributed by atoms with Gasteiger partial charge in [0.15, 0.2) is 0 Å². The number of benzene rings is 1. The van der Waals surface area contributed by atoms with Gasteiger partial charge in [0.05, 0.1) is 4.88 Å². The number of amides is 2. The maximum absolute atomic E-state index is 13.2. The van der Waals surface area contributed by atoms with Crippen LogP contribution in [-0.2, 0) is 19.4 Å². The summed E-state index contributed by atoms with van der Waals surface area (Å²) in [6.07, 6.45) is 5.28. The van der Waals surface area contributed by atoms with E-state index in [4.69, 9.17) is 0 Å². The fourth-order valence-electron chi connectivity index (χ4n) is 3.31. The topological polar surface area (TPSA) is 49.4 Å². The zero-order valence-electron chi connectivity index (χ0n) is 16.4. The maximum Gasteiger partial charge on any atom is 0.264 e. The molecule has 3 rings (SSSR count). The maximum atomic E-state index is 13.2. The van der Waals surface area contributed by atoms with E-state index in [0.717, 1.165) is 42.5 Å². The van der Waals surface area contributed by atoms with Gasteiger partial charge < -0.3 is 10.2 Å². The Bertz CT molecular complexity index is 806. The lowest BCUT2D eigenvalue weighted by molar-refractivity contribution is 0.0734. The van der Waals surface area contributed by atoms with Crippen LogP contribution in [0.15, 0.2) is 30.3 Å². The van der Waals surface area contributed by atoms with Crippen molar-refractivity contribution < 1.29 is 9.59 Å². The molecule has 1 N–H and O–H groups in total. The van der Waals surface area contributed by atoms with E-state index in [1.165, 1.54) is 10.4 Å². The summed E-state index contributed by atoms with van der Waals surface area (Å²) in [5, 5.41) is 2.63. The molecule has 1 aromatic carbocycles. The van der Waals surface area contributed by atoms with E-state index in [1.807, 2.05) is 29.2 Å². The molecule has 1 saturated carbocycles. The first-order valence-corrected chi connectivity index (χ1v) is 10.6. The van der Waals surface area contributed by atoms with Gasteiger partial charge in [-0.15, -0.1) is 11.3 Å². The first kappa shape index (κ1) is 19.6. The minimum Gasteiger partial charge on any atom is -0.355 e. The van der Waals surface area contributed by atoms with Crippen LogP contribution >= 0.6 is 11.3 Å². The molecule has 144 valence electrons. The van der Waals surface area contributed by atoms with E-state index in [-0.39, 0.29) is 11.8 Å². The van der Waals surface area contributed by atoms with Gasteiger partial charge in [-0.2, -0.15) is 0 Å². The van der Waals surface area contributed by atoms with Crippen LogP contribution in [0, 0.1) is 0 Å². The molecule has 0 spiro atoms. The number of aryl methyl sites for hydroxylation is 2. The number of carbonyl (C=O) groups is 2. The summed E-state index contributed by atoms with van der Waals surface area (Å²) >= 11 is 1.67. The summed E-state index contributed by atoms with van der Waals surface area (Å²) < 4.78 is 0. The third kappa shape index (κ3) is 4.59. The van der Waals surface area contributed by atoms with Gasteiger partial charge in [-0.3, -0.25) is 9.59 Å². The lowest BCUT2D eigenvalue weighted by Gasteiger charge is -2.22. The highest BCUT2D eigenvalue weighted by atomic mass is 32.1. The van der Waals surface area contributed by atoms with Gasteiger partial charge in [-0.25, -0.2) is 0 Å². The normalized spacial score (nSPS) is 13.4. The molecule has 0 saturated heterocycles. The van der Waals surface area contributed by atoms with Crippen molar-refractivity contribution in [3.63, 3.8) is 0 Å². The molecule has 0 atom stereocenters. The molecule has 1 fully saturated rings. The molecule has 0 bridgehead atoms. The van der Waals surface area contributed by atoms with E-state index in [1.54, 1.807) is 18.4 Å². The number of hydrogen-bond acceptors (Lipinski definition) is 3. The van der Waals surface area contributed by atoms with E-state index >= 15 is 0 Å². The van der Waals surface area contributed by atoms with Gasteiger partial charge in [0, 0.05) is 30.1 Å². The summed E-state index contributed by atoms with van der Waals surface area (Å²) in [7, 11) is 1.63. The summed E-state index contributed by atoms with van der Waals surface area (Å²) in [4.78, 5) is 29.1. The van der Waals surface area contributed by atoms with Crippen LogP contribution in [0.3, 0.4) is 0 Å². The van der Waals surface area contributed by atoms with E-state index < -0.39 is 0 Å². The molecule has 27 heavy (non-hydrogen) atoms. The smallest absolute Gasteiger partial charge is 0.264 e. The van der Waals surface area contributed by atoms with Gasteiger partial charge in [0.2, 0.25) is 0 Å². The second-order valence-electron chi connectivity index (χ2n) is 7.10. The van der Waals surface area contributed by atoms with Crippen molar-refractivity contribution in [3.8, 4) is 0 Å². The van der Waals surface area contributed by atoms with Gasteiger partial charge in [-0.1, -0.05) is 32.4 Å². The molecular weight excluding hydrogens is 356 g/mol. The van der Waals surface area contributed by atoms with E-state index in [2.05, 4.69) is 25.2 Å². The van der Waals surface area contributed by atoms with Crippen LogP contribution in [0.1, 0.15) is 69.1 Å². The van der Waals surface area contributed by atoms with Crippen LogP contribution in [-0.4, -0.2) is 29.8 Å². The van der Waals surface area contributed by atoms with Crippen LogP contribution in [0.5, 0.6) is 0 Å². The fraction of sp³-hybridized carbons (Fsp3) is 0.455. The zero-order valence-corrected chi connectivity index (χ0v) is 17.2. The number of rotatable bonds is 8. The Hall–Kier alpha value is -2.14. The van der Waals surface area contributed by atoms with Crippen molar-refractivity contribution in [2.24, 2.45) is 0 Å². The molecule has 1 aliphatic rings. The van der Waals surface area contributed by atoms with Crippen LogP contribution in [0.4, 0.5) is 0 Å². The van der Waals surface area contributed by atoms with Crippen molar-refractivity contribution in [2.75, 3.05) is 7.05 Å². The monoisotopic (exact) mass is 384 g/mol. The van der Waals surface area contributed by atoms with Crippen LogP contribution in [0.2, 0.25) is 0 Å². The standard InChI is InChI=1S/C22H28N2O2S/c1-4-6-19-16(5-2)13-20(27-19)22(26)24(18-11-12-18)14-15-7-9-17(10-8-15)21(25)23-3/h7-10,13,18H,4-6,11-12,14H2,1-3H3,(H,23,25). The third-order valence-corrected chi connectivity index (χ3v) is 6.24. The van der Waals surface area contributed by atoms with Crippen LogP contribution < -0.4 is 5.32 Å². The fourth-order valence-corrected chi connectivity index (χ4v) is 4.62. The summed E-state index contributed by atoms with van der Waals surface area (Å²) in [6, 6.07) is 9.98. The summed E-state index contributed by atoms with van der Waals surface area (Å²) in [5.41, 5.74) is 3.01. The number of nitrogens with one attached hydrogen (secondary N) is 1. The molecule has 4 nitrogen and oxygen atoms in total. The molecule has 2 amide bonds. The Balaban J connectivity index is 1.77. The molecule has 1 aliphatic carbocycles. The number of nitrogens with zero attached hydrogens (tertiary/aromatic N) is 1. The van der Waals surface area contributed by atoms with Crippen molar-refractivity contribution in [1.82, 2.24) is 10.2 Å². The van der Waals surface area contributed by atoms with Crippen molar-refractivity contribution >= 4 is 23.2 Å². The first-order valence-electron chi connectivity index (χ1n) is 9.80. The number of thiophene rings is 1.